The molecule has 1 aromatic heterocycles. The fourth-order valence-electron chi connectivity index (χ4n) is 2.91. The number of hydrogen-bond donors (Lipinski definition) is 1. The first-order valence-electron chi connectivity index (χ1n) is 7.76. The third kappa shape index (κ3) is 3.50. The molecule has 0 radical (unpaired) electrons. The number of rotatable bonds is 5. The van der Waals surface area contributed by atoms with Crippen LogP contribution in [0.4, 0.5) is 0 Å². The van der Waals surface area contributed by atoms with E-state index in [-0.39, 0.29) is 5.91 Å². The van der Waals surface area contributed by atoms with Crippen molar-refractivity contribution in [3.8, 4) is 0 Å². The zero-order valence-corrected chi connectivity index (χ0v) is 14.6. The fourth-order valence-corrected chi connectivity index (χ4v) is 2.91. The Hall–Kier alpha value is -1.81. The SMILES string of the molecule is Cc1cc(C)c2c(CC(=O)N(C)CCN(C)C)c(C)[nH]c2c1. The van der Waals surface area contributed by atoms with Crippen LogP contribution in [0.15, 0.2) is 12.1 Å². The Morgan fingerprint density at radius 2 is 1.77 bits per heavy atom. The van der Waals surface area contributed by atoms with Crippen LogP contribution >= 0.6 is 0 Å². The predicted molar refractivity (Wildman–Crippen MR) is 92.4 cm³/mol. The van der Waals surface area contributed by atoms with Crippen molar-refractivity contribution in [1.29, 1.82) is 0 Å². The van der Waals surface area contributed by atoms with Crippen LogP contribution in [0.5, 0.6) is 0 Å². The van der Waals surface area contributed by atoms with Gasteiger partial charge in [-0.1, -0.05) is 6.07 Å². The largest absolute Gasteiger partial charge is 0.358 e. The Bertz CT molecular complexity index is 685. The number of hydrogen-bond acceptors (Lipinski definition) is 2. The van der Waals surface area contributed by atoms with Crippen molar-refractivity contribution < 1.29 is 4.79 Å². The quantitative estimate of drug-likeness (QED) is 0.922. The van der Waals surface area contributed by atoms with E-state index < -0.39 is 0 Å². The van der Waals surface area contributed by atoms with E-state index in [1.807, 2.05) is 26.0 Å². The molecular formula is C18H27N3O. The second-order valence-electron chi connectivity index (χ2n) is 6.53. The summed E-state index contributed by atoms with van der Waals surface area (Å²) in [5.41, 5.74) is 5.84. The minimum Gasteiger partial charge on any atom is -0.358 e. The van der Waals surface area contributed by atoms with Crippen molar-refractivity contribution in [2.75, 3.05) is 34.2 Å². The number of aryl methyl sites for hydroxylation is 3. The minimum absolute atomic E-state index is 0.172. The highest BCUT2D eigenvalue weighted by Gasteiger charge is 2.17. The number of amides is 1. The minimum atomic E-state index is 0.172. The van der Waals surface area contributed by atoms with E-state index in [2.05, 4.69) is 42.8 Å². The van der Waals surface area contributed by atoms with Gasteiger partial charge in [-0.25, -0.2) is 0 Å². The van der Waals surface area contributed by atoms with E-state index in [1.165, 1.54) is 16.5 Å². The number of nitrogens with one attached hydrogen (secondary N) is 1. The Labute approximate surface area is 133 Å². The summed E-state index contributed by atoms with van der Waals surface area (Å²) in [6.45, 7) is 7.91. The molecule has 1 aromatic carbocycles. The lowest BCUT2D eigenvalue weighted by Crippen LogP contribution is -2.34. The maximum absolute atomic E-state index is 12.5. The van der Waals surface area contributed by atoms with E-state index in [4.69, 9.17) is 0 Å². The molecule has 0 aliphatic carbocycles. The van der Waals surface area contributed by atoms with Gasteiger partial charge in [-0.05, 0) is 57.6 Å². The predicted octanol–water partition coefficient (Wildman–Crippen LogP) is 2.66. The Morgan fingerprint density at radius 1 is 1.09 bits per heavy atom. The van der Waals surface area contributed by atoms with Gasteiger partial charge in [0.2, 0.25) is 5.91 Å². The lowest BCUT2D eigenvalue weighted by atomic mass is 10.0. The number of aromatic nitrogens is 1. The molecule has 0 spiro atoms. The molecule has 1 heterocycles. The molecule has 1 N–H and O–H groups in total. The summed E-state index contributed by atoms with van der Waals surface area (Å²) in [6.07, 6.45) is 0.458. The number of likely N-dealkylation sites (N-methyl/N-ethyl adjacent to an activating group) is 2. The smallest absolute Gasteiger partial charge is 0.226 e. The zero-order chi connectivity index (χ0) is 16.4. The molecule has 1 amide bonds. The highest BCUT2D eigenvalue weighted by Crippen LogP contribution is 2.27. The zero-order valence-electron chi connectivity index (χ0n) is 14.6. The van der Waals surface area contributed by atoms with E-state index in [0.29, 0.717) is 6.42 Å². The lowest BCUT2D eigenvalue weighted by Gasteiger charge is -2.20. The van der Waals surface area contributed by atoms with E-state index >= 15 is 0 Å². The normalized spacial score (nSPS) is 11.4. The number of fused-ring (bicyclic) bond motifs is 1. The summed E-state index contributed by atoms with van der Waals surface area (Å²) >= 11 is 0. The molecule has 0 aliphatic heterocycles. The summed E-state index contributed by atoms with van der Waals surface area (Å²) in [4.78, 5) is 19.8. The molecule has 4 nitrogen and oxygen atoms in total. The number of aromatic amines is 1. The Morgan fingerprint density at radius 3 is 2.41 bits per heavy atom. The topological polar surface area (TPSA) is 39.3 Å². The number of H-pyrrole nitrogens is 1. The summed E-state index contributed by atoms with van der Waals surface area (Å²) in [6, 6.07) is 4.33. The van der Waals surface area contributed by atoms with Gasteiger partial charge in [-0.3, -0.25) is 4.79 Å². The number of carbonyl (C=O) groups excluding carboxylic acids is 1. The van der Waals surface area contributed by atoms with E-state index in [0.717, 1.165) is 29.9 Å². The molecule has 22 heavy (non-hydrogen) atoms. The van der Waals surface area contributed by atoms with Crippen LogP contribution in [0.25, 0.3) is 10.9 Å². The molecule has 0 fully saturated rings. The third-order valence-corrected chi connectivity index (χ3v) is 4.19. The van der Waals surface area contributed by atoms with Crippen molar-refractivity contribution in [2.24, 2.45) is 0 Å². The van der Waals surface area contributed by atoms with Gasteiger partial charge in [0.1, 0.15) is 0 Å². The van der Waals surface area contributed by atoms with Gasteiger partial charge < -0.3 is 14.8 Å². The molecule has 120 valence electrons. The summed E-state index contributed by atoms with van der Waals surface area (Å²) in [5.74, 6) is 0.172. The van der Waals surface area contributed by atoms with Crippen LogP contribution in [0.2, 0.25) is 0 Å². The van der Waals surface area contributed by atoms with Crippen molar-refractivity contribution >= 4 is 16.8 Å². The Kier molecular flexibility index (Phi) is 4.91. The molecule has 0 saturated heterocycles. The summed E-state index contributed by atoms with van der Waals surface area (Å²) in [7, 11) is 5.93. The van der Waals surface area contributed by atoms with E-state index in [9.17, 15) is 4.79 Å². The van der Waals surface area contributed by atoms with Crippen molar-refractivity contribution in [3.05, 3.63) is 34.5 Å². The lowest BCUT2D eigenvalue weighted by molar-refractivity contribution is -0.129. The number of carbonyl (C=O) groups is 1. The molecular weight excluding hydrogens is 274 g/mol. The molecule has 2 rings (SSSR count). The van der Waals surface area contributed by atoms with Gasteiger partial charge in [0.25, 0.3) is 0 Å². The fraction of sp³-hybridized carbons (Fsp3) is 0.500. The molecule has 0 saturated carbocycles. The molecule has 0 atom stereocenters. The second-order valence-corrected chi connectivity index (χ2v) is 6.53. The maximum Gasteiger partial charge on any atom is 0.226 e. The first-order chi connectivity index (χ1) is 10.3. The first-order valence-corrected chi connectivity index (χ1v) is 7.76. The van der Waals surface area contributed by atoms with Crippen LogP contribution in [0.3, 0.4) is 0 Å². The van der Waals surface area contributed by atoms with Gasteiger partial charge in [-0.2, -0.15) is 0 Å². The Balaban J connectivity index is 2.24. The van der Waals surface area contributed by atoms with Crippen molar-refractivity contribution in [3.63, 3.8) is 0 Å². The second kappa shape index (κ2) is 6.53. The molecule has 2 aromatic rings. The van der Waals surface area contributed by atoms with E-state index in [1.54, 1.807) is 0 Å². The highest BCUT2D eigenvalue weighted by molar-refractivity contribution is 5.92. The van der Waals surface area contributed by atoms with Gasteiger partial charge in [0, 0.05) is 36.7 Å². The van der Waals surface area contributed by atoms with Crippen LogP contribution in [-0.2, 0) is 11.2 Å². The monoisotopic (exact) mass is 301 g/mol. The average molecular weight is 301 g/mol. The van der Waals surface area contributed by atoms with Gasteiger partial charge in [0.15, 0.2) is 0 Å². The number of nitrogens with zero attached hydrogens (tertiary/aromatic N) is 2. The molecule has 4 heteroatoms. The average Bonchev–Trinajstić information content (AvgIpc) is 2.72. The van der Waals surface area contributed by atoms with Crippen molar-refractivity contribution in [2.45, 2.75) is 27.2 Å². The van der Waals surface area contributed by atoms with Gasteiger partial charge in [0.05, 0.1) is 6.42 Å². The molecule has 0 unspecified atom stereocenters. The van der Waals surface area contributed by atoms with Gasteiger partial charge in [-0.15, -0.1) is 0 Å². The van der Waals surface area contributed by atoms with Crippen LogP contribution in [0, 0.1) is 20.8 Å². The third-order valence-electron chi connectivity index (χ3n) is 4.19. The highest BCUT2D eigenvalue weighted by atomic mass is 16.2. The molecule has 0 bridgehead atoms. The van der Waals surface area contributed by atoms with Crippen LogP contribution in [0.1, 0.15) is 22.4 Å². The summed E-state index contributed by atoms with van der Waals surface area (Å²) < 4.78 is 0. The van der Waals surface area contributed by atoms with Crippen molar-refractivity contribution in [1.82, 2.24) is 14.8 Å². The van der Waals surface area contributed by atoms with Crippen LogP contribution < -0.4 is 0 Å². The standard InChI is InChI=1S/C18H27N3O/c1-12-9-13(2)18-15(14(3)19-16(18)10-12)11-17(22)21(6)8-7-20(4)5/h9-10,19H,7-8,11H2,1-6H3. The van der Waals surface area contributed by atoms with Gasteiger partial charge >= 0.3 is 0 Å². The number of benzene rings is 1. The molecule has 0 aliphatic rings. The van der Waals surface area contributed by atoms with Crippen LogP contribution in [-0.4, -0.2) is 54.9 Å². The first kappa shape index (κ1) is 16.6. The summed E-state index contributed by atoms with van der Waals surface area (Å²) in [5, 5.41) is 1.21. The maximum atomic E-state index is 12.5.